The molecule has 0 atom stereocenters. The van der Waals surface area contributed by atoms with E-state index in [2.05, 4.69) is 25.0 Å². The predicted octanol–water partition coefficient (Wildman–Crippen LogP) is 5.08. The van der Waals surface area contributed by atoms with Gasteiger partial charge in [0.25, 0.3) is 5.91 Å². The van der Waals surface area contributed by atoms with Crippen LogP contribution in [0.15, 0.2) is 83.5 Å². The van der Waals surface area contributed by atoms with Crippen LogP contribution in [0.25, 0.3) is 5.57 Å². The number of hydrogen-bond donors (Lipinski definition) is 0. The Kier molecular flexibility index (Phi) is 4.94. The van der Waals surface area contributed by atoms with Crippen molar-refractivity contribution in [2.75, 3.05) is 5.01 Å². The normalized spacial score (nSPS) is 16.7. The van der Waals surface area contributed by atoms with Gasteiger partial charge in [-0.15, -0.1) is 0 Å². The summed E-state index contributed by atoms with van der Waals surface area (Å²) >= 11 is 0. The van der Waals surface area contributed by atoms with Gasteiger partial charge in [-0.1, -0.05) is 74.5 Å². The number of carbonyl (C=O) groups excluding carboxylic acids is 1. The Hall–Kier alpha value is -2.94. The van der Waals surface area contributed by atoms with Gasteiger partial charge in [0.2, 0.25) is 0 Å². The van der Waals surface area contributed by atoms with Gasteiger partial charge in [-0.05, 0) is 36.1 Å². The molecule has 3 heteroatoms. The Morgan fingerprint density at radius 3 is 2.20 bits per heavy atom. The molecule has 2 aromatic carbocycles. The van der Waals surface area contributed by atoms with E-state index in [-0.39, 0.29) is 5.91 Å². The van der Waals surface area contributed by atoms with Gasteiger partial charge in [0.05, 0.1) is 17.0 Å². The van der Waals surface area contributed by atoms with Crippen LogP contribution in [0.3, 0.4) is 0 Å². The standard InChI is InChI=1S/C22H22N2O/c1-16(2)14-15-20(18-10-6-4-7-11-18)21-17(3)23-24(22(21)25)19-12-8-5-9-13-19/h4-16H,1-3H3/b15-14+,21-20+. The summed E-state index contributed by atoms with van der Waals surface area (Å²) in [4.78, 5) is 13.1. The van der Waals surface area contributed by atoms with Crippen LogP contribution in [0.1, 0.15) is 26.3 Å². The van der Waals surface area contributed by atoms with Gasteiger partial charge in [0, 0.05) is 0 Å². The van der Waals surface area contributed by atoms with Crippen LogP contribution in [-0.4, -0.2) is 11.6 Å². The van der Waals surface area contributed by atoms with Crippen molar-refractivity contribution in [3.05, 3.63) is 84.0 Å². The Balaban J connectivity index is 2.11. The first-order valence-corrected chi connectivity index (χ1v) is 8.51. The molecule has 0 aliphatic carbocycles. The third-order valence-electron chi connectivity index (χ3n) is 4.02. The van der Waals surface area contributed by atoms with Crippen molar-refractivity contribution < 1.29 is 4.79 Å². The van der Waals surface area contributed by atoms with E-state index in [0.29, 0.717) is 11.5 Å². The smallest absolute Gasteiger partial charge is 0.267 e. The van der Waals surface area contributed by atoms with Gasteiger partial charge >= 0.3 is 0 Å². The lowest BCUT2D eigenvalue weighted by Crippen LogP contribution is -2.22. The maximum absolute atomic E-state index is 13.1. The number of rotatable bonds is 4. The lowest BCUT2D eigenvalue weighted by atomic mass is 9.95. The van der Waals surface area contributed by atoms with E-state index in [0.717, 1.165) is 22.5 Å². The predicted molar refractivity (Wildman–Crippen MR) is 104 cm³/mol. The zero-order chi connectivity index (χ0) is 17.8. The number of nitrogens with zero attached hydrogens (tertiary/aromatic N) is 2. The molecule has 0 unspecified atom stereocenters. The fourth-order valence-electron chi connectivity index (χ4n) is 2.79. The SMILES string of the molecule is CC1=NN(c2ccccc2)C(=O)/C1=C(\C=C\C(C)C)c1ccccc1. The summed E-state index contributed by atoms with van der Waals surface area (Å²) < 4.78 is 0. The second-order valence-electron chi connectivity index (χ2n) is 6.40. The topological polar surface area (TPSA) is 32.7 Å². The summed E-state index contributed by atoms with van der Waals surface area (Å²) in [6.45, 7) is 6.14. The summed E-state index contributed by atoms with van der Waals surface area (Å²) in [6, 6.07) is 19.5. The average molecular weight is 330 g/mol. The lowest BCUT2D eigenvalue weighted by molar-refractivity contribution is -0.114. The lowest BCUT2D eigenvalue weighted by Gasteiger charge is -2.13. The highest BCUT2D eigenvalue weighted by Gasteiger charge is 2.31. The highest BCUT2D eigenvalue weighted by molar-refractivity contribution is 6.34. The van der Waals surface area contributed by atoms with Crippen molar-refractivity contribution in [3.63, 3.8) is 0 Å². The molecule has 1 aliphatic rings. The summed E-state index contributed by atoms with van der Waals surface area (Å²) in [7, 11) is 0. The van der Waals surface area contributed by atoms with Gasteiger partial charge in [-0.3, -0.25) is 4.79 Å². The van der Waals surface area contributed by atoms with E-state index in [4.69, 9.17) is 0 Å². The Morgan fingerprint density at radius 1 is 1.00 bits per heavy atom. The molecule has 2 aromatic rings. The van der Waals surface area contributed by atoms with Crippen molar-refractivity contribution in [2.45, 2.75) is 20.8 Å². The molecule has 1 aliphatic heterocycles. The number of hydrogen-bond acceptors (Lipinski definition) is 2. The highest BCUT2D eigenvalue weighted by Crippen LogP contribution is 2.30. The summed E-state index contributed by atoms with van der Waals surface area (Å²) in [5, 5.41) is 5.99. The molecule has 0 fully saturated rings. The first-order valence-electron chi connectivity index (χ1n) is 8.51. The van der Waals surface area contributed by atoms with Gasteiger partial charge < -0.3 is 0 Å². The minimum Gasteiger partial charge on any atom is -0.267 e. The van der Waals surface area contributed by atoms with Crippen molar-refractivity contribution in [2.24, 2.45) is 11.0 Å². The van der Waals surface area contributed by atoms with Crippen LogP contribution >= 0.6 is 0 Å². The number of benzene rings is 2. The van der Waals surface area contributed by atoms with Crippen LogP contribution in [-0.2, 0) is 4.79 Å². The monoisotopic (exact) mass is 330 g/mol. The molecule has 0 N–H and O–H groups in total. The maximum atomic E-state index is 13.1. The highest BCUT2D eigenvalue weighted by atomic mass is 16.2. The second kappa shape index (κ2) is 7.31. The van der Waals surface area contributed by atoms with Crippen LogP contribution in [0.4, 0.5) is 5.69 Å². The van der Waals surface area contributed by atoms with Gasteiger partial charge in [0.1, 0.15) is 0 Å². The number of allylic oxidation sites excluding steroid dienone is 3. The number of para-hydroxylation sites is 1. The second-order valence-corrected chi connectivity index (χ2v) is 6.40. The third kappa shape index (κ3) is 3.61. The molecular formula is C22H22N2O. The zero-order valence-electron chi connectivity index (χ0n) is 14.8. The van der Waals surface area contributed by atoms with Crippen molar-refractivity contribution in [3.8, 4) is 0 Å². The quantitative estimate of drug-likeness (QED) is 0.720. The van der Waals surface area contributed by atoms with Crippen LogP contribution in [0.2, 0.25) is 0 Å². The minimum atomic E-state index is -0.0871. The van der Waals surface area contributed by atoms with Crippen LogP contribution in [0.5, 0.6) is 0 Å². The van der Waals surface area contributed by atoms with Crippen molar-refractivity contribution >= 4 is 22.9 Å². The molecule has 0 radical (unpaired) electrons. The van der Waals surface area contributed by atoms with Gasteiger partial charge in [-0.25, -0.2) is 0 Å². The molecule has 0 spiro atoms. The number of amides is 1. The Morgan fingerprint density at radius 2 is 1.60 bits per heavy atom. The molecule has 1 heterocycles. The summed E-state index contributed by atoms with van der Waals surface area (Å²) in [5.41, 5.74) is 4.11. The summed E-state index contributed by atoms with van der Waals surface area (Å²) in [6.07, 6.45) is 4.15. The molecule has 0 bridgehead atoms. The largest absolute Gasteiger partial charge is 0.281 e. The fraction of sp³-hybridized carbons (Fsp3) is 0.182. The molecule has 3 nitrogen and oxygen atoms in total. The van der Waals surface area contributed by atoms with Crippen LogP contribution in [0, 0.1) is 5.92 Å². The molecule has 0 saturated heterocycles. The molecule has 3 rings (SSSR count). The maximum Gasteiger partial charge on any atom is 0.281 e. The summed E-state index contributed by atoms with van der Waals surface area (Å²) in [5.74, 6) is 0.314. The molecular weight excluding hydrogens is 308 g/mol. The van der Waals surface area contributed by atoms with E-state index in [1.807, 2.05) is 73.7 Å². The van der Waals surface area contributed by atoms with E-state index in [9.17, 15) is 4.79 Å². The van der Waals surface area contributed by atoms with E-state index >= 15 is 0 Å². The Labute approximate surface area is 149 Å². The number of carbonyl (C=O) groups is 1. The average Bonchev–Trinajstić information content (AvgIpc) is 2.92. The molecule has 0 aromatic heterocycles. The number of hydrazone groups is 1. The fourth-order valence-corrected chi connectivity index (χ4v) is 2.79. The number of anilines is 1. The zero-order valence-corrected chi connectivity index (χ0v) is 14.8. The third-order valence-corrected chi connectivity index (χ3v) is 4.02. The first-order chi connectivity index (χ1) is 12.1. The van der Waals surface area contributed by atoms with Crippen molar-refractivity contribution in [1.29, 1.82) is 0 Å². The van der Waals surface area contributed by atoms with E-state index in [1.54, 1.807) is 0 Å². The molecule has 126 valence electrons. The molecule has 25 heavy (non-hydrogen) atoms. The molecule has 1 amide bonds. The van der Waals surface area contributed by atoms with Crippen LogP contribution < -0.4 is 5.01 Å². The van der Waals surface area contributed by atoms with Gasteiger partial charge in [0.15, 0.2) is 0 Å². The Bertz CT molecular complexity index is 846. The minimum absolute atomic E-state index is 0.0871. The molecule has 0 saturated carbocycles. The van der Waals surface area contributed by atoms with E-state index < -0.39 is 0 Å². The van der Waals surface area contributed by atoms with Gasteiger partial charge in [-0.2, -0.15) is 10.1 Å². The van der Waals surface area contributed by atoms with Crippen molar-refractivity contribution in [1.82, 2.24) is 0 Å². The van der Waals surface area contributed by atoms with E-state index in [1.165, 1.54) is 5.01 Å². The first kappa shape index (κ1) is 16.9.